The molecular formula is C18H11FO4. The third-order valence-electron chi connectivity index (χ3n) is 4.01. The predicted molar refractivity (Wildman–Crippen MR) is 81.0 cm³/mol. The summed E-state index contributed by atoms with van der Waals surface area (Å²) in [6.45, 7) is 0. The molecule has 114 valence electrons. The van der Waals surface area contributed by atoms with Crippen LogP contribution in [0.25, 0.3) is 11.0 Å². The van der Waals surface area contributed by atoms with Crippen LogP contribution in [0, 0.1) is 5.82 Å². The molecule has 0 spiro atoms. The lowest BCUT2D eigenvalue weighted by Gasteiger charge is -2.24. The van der Waals surface area contributed by atoms with Gasteiger partial charge in [0, 0.05) is 5.92 Å². The van der Waals surface area contributed by atoms with Crippen molar-refractivity contribution in [3.05, 3.63) is 75.9 Å². The van der Waals surface area contributed by atoms with Crippen LogP contribution in [0.1, 0.15) is 23.5 Å². The molecule has 23 heavy (non-hydrogen) atoms. The van der Waals surface area contributed by atoms with Crippen LogP contribution in [0.4, 0.5) is 4.39 Å². The Hall–Kier alpha value is -2.95. The van der Waals surface area contributed by atoms with Crippen molar-refractivity contribution < 1.29 is 18.3 Å². The monoisotopic (exact) mass is 310 g/mol. The Kier molecular flexibility index (Phi) is 3.01. The summed E-state index contributed by atoms with van der Waals surface area (Å²) in [7, 11) is 0. The molecule has 0 bridgehead atoms. The highest BCUT2D eigenvalue weighted by atomic mass is 19.1. The molecule has 0 fully saturated rings. The van der Waals surface area contributed by atoms with Gasteiger partial charge in [0.2, 0.25) is 0 Å². The molecule has 3 aromatic rings. The van der Waals surface area contributed by atoms with E-state index >= 15 is 0 Å². The Labute approximate surface area is 130 Å². The fourth-order valence-electron chi connectivity index (χ4n) is 2.99. The highest BCUT2D eigenvalue weighted by Gasteiger charge is 2.34. The number of carbonyl (C=O) groups is 1. The van der Waals surface area contributed by atoms with Crippen LogP contribution < -0.4 is 10.4 Å². The molecule has 0 radical (unpaired) electrons. The summed E-state index contributed by atoms with van der Waals surface area (Å²) in [4.78, 5) is 24.4. The molecule has 4 rings (SSSR count). The maximum Gasteiger partial charge on any atom is 0.343 e. The number of carbonyl (C=O) groups excluding carboxylic acids is 1. The third kappa shape index (κ3) is 2.12. The summed E-state index contributed by atoms with van der Waals surface area (Å²) in [5.74, 6) is -1.51. The molecule has 0 aliphatic carbocycles. The highest BCUT2D eigenvalue weighted by Crippen LogP contribution is 2.41. The number of hydrogen-bond donors (Lipinski definition) is 0. The van der Waals surface area contributed by atoms with Gasteiger partial charge in [-0.1, -0.05) is 30.3 Å². The number of esters is 1. The zero-order valence-electron chi connectivity index (χ0n) is 11.9. The molecule has 2 aromatic carbocycles. The summed E-state index contributed by atoms with van der Waals surface area (Å²) >= 11 is 0. The number of fused-ring (bicyclic) bond motifs is 3. The Bertz CT molecular complexity index is 990. The van der Waals surface area contributed by atoms with Crippen molar-refractivity contribution >= 4 is 16.9 Å². The van der Waals surface area contributed by atoms with E-state index in [4.69, 9.17) is 9.15 Å². The van der Waals surface area contributed by atoms with Gasteiger partial charge >= 0.3 is 11.6 Å². The minimum Gasteiger partial charge on any atom is -0.425 e. The summed E-state index contributed by atoms with van der Waals surface area (Å²) in [5.41, 5.74) is 0.194. The van der Waals surface area contributed by atoms with E-state index in [-0.39, 0.29) is 23.3 Å². The zero-order chi connectivity index (χ0) is 16.0. The van der Waals surface area contributed by atoms with Crippen LogP contribution >= 0.6 is 0 Å². The fraction of sp³-hybridized carbons (Fsp3) is 0.111. The quantitative estimate of drug-likeness (QED) is 0.511. The van der Waals surface area contributed by atoms with E-state index in [9.17, 15) is 14.0 Å². The first kappa shape index (κ1) is 13.7. The lowest BCUT2D eigenvalue weighted by molar-refractivity contribution is -0.135. The highest BCUT2D eigenvalue weighted by molar-refractivity contribution is 5.90. The standard InChI is InChI=1S/C18H11FO4/c19-13-7-3-1-5-10(13)12-9-15(20)23-17-11-6-2-4-8-14(11)22-18(21)16(12)17/h1-8,12H,9H2/t12-/m1/s1. The maximum absolute atomic E-state index is 14.2. The normalized spacial score (nSPS) is 16.9. The van der Waals surface area contributed by atoms with E-state index in [1.54, 1.807) is 42.5 Å². The lowest BCUT2D eigenvalue weighted by Crippen LogP contribution is -2.27. The number of rotatable bonds is 1. The first-order valence-electron chi connectivity index (χ1n) is 7.16. The van der Waals surface area contributed by atoms with Crippen molar-refractivity contribution in [1.29, 1.82) is 0 Å². The molecule has 4 nitrogen and oxygen atoms in total. The van der Waals surface area contributed by atoms with Gasteiger partial charge in [0.15, 0.2) is 5.75 Å². The molecule has 1 atom stereocenters. The van der Waals surface area contributed by atoms with E-state index in [1.807, 2.05) is 0 Å². The van der Waals surface area contributed by atoms with Gasteiger partial charge in [-0.05, 0) is 23.8 Å². The minimum atomic E-state index is -0.715. The second-order valence-corrected chi connectivity index (χ2v) is 5.38. The van der Waals surface area contributed by atoms with Crippen LogP contribution in [0.2, 0.25) is 0 Å². The van der Waals surface area contributed by atoms with Gasteiger partial charge in [0.1, 0.15) is 11.4 Å². The van der Waals surface area contributed by atoms with E-state index in [0.29, 0.717) is 11.0 Å². The van der Waals surface area contributed by atoms with Crippen molar-refractivity contribution in [3.63, 3.8) is 0 Å². The molecule has 1 aromatic heterocycles. The summed E-state index contributed by atoms with van der Waals surface area (Å²) < 4.78 is 24.8. The van der Waals surface area contributed by atoms with Gasteiger partial charge in [-0.2, -0.15) is 0 Å². The predicted octanol–water partition coefficient (Wildman–Crippen LogP) is 3.37. The second kappa shape index (κ2) is 5.05. The van der Waals surface area contributed by atoms with Gasteiger partial charge in [0.25, 0.3) is 0 Å². The van der Waals surface area contributed by atoms with Crippen LogP contribution in [0.3, 0.4) is 0 Å². The SMILES string of the molecule is O=C1C[C@H](c2ccccc2F)c2c(c3ccccc3oc2=O)O1. The van der Waals surface area contributed by atoms with Gasteiger partial charge in [0.05, 0.1) is 17.4 Å². The number of hydrogen-bond acceptors (Lipinski definition) is 4. The minimum absolute atomic E-state index is 0.100. The molecule has 1 aliphatic heterocycles. The second-order valence-electron chi connectivity index (χ2n) is 5.38. The van der Waals surface area contributed by atoms with Gasteiger partial charge in [-0.25, -0.2) is 9.18 Å². The van der Waals surface area contributed by atoms with Crippen molar-refractivity contribution in [2.45, 2.75) is 12.3 Å². The first-order valence-corrected chi connectivity index (χ1v) is 7.16. The largest absolute Gasteiger partial charge is 0.425 e. The van der Waals surface area contributed by atoms with Crippen LogP contribution in [-0.2, 0) is 4.79 Å². The summed E-state index contributed by atoms with van der Waals surface area (Å²) in [6, 6.07) is 12.9. The van der Waals surface area contributed by atoms with Gasteiger partial charge < -0.3 is 9.15 Å². The van der Waals surface area contributed by atoms with Crippen molar-refractivity contribution in [2.75, 3.05) is 0 Å². The van der Waals surface area contributed by atoms with Crippen molar-refractivity contribution in [1.82, 2.24) is 0 Å². The van der Waals surface area contributed by atoms with E-state index in [2.05, 4.69) is 0 Å². The lowest BCUT2D eigenvalue weighted by atomic mass is 9.86. The van der Waals surface area contributed by atoms with Crippen LogP contribution in [0.15, 0.2) is 57.7 Å². The Morgan fingerprint density at radius 1 is 1.00 bits per heavy atom. The zero-order valence-corrected chi connectivity index (χ0v) is 11.9. The van der Waals surface area contributed by atoms with Gasteiger partial charge in [-0.3, -0.25) is 4.79 Å². The number of benzene rings is 2. The number of ether oxygens (including phenoxy) is 1. The van der Waals surface area contributed by atoms with Gasteiger partial charge in [-0.15, -0.1) is 0 Å². The Morgan fingerprint density at radius 3 is 2.57 bits per heavy atom. The van der Waals surface area contributed by atoms with E-state index in [1.165, 1.54) is 6.07 Å². The van der Waals surface area contributed by atoms with E-state index in [0.717, 1.165) is 0 Å². The smallest absolute Gasteiger partial charge is 0.343 e. The van der Waals surface area contributed by atoms with Crippen molar-refractivity contribution in [2.24, 2.45) is 0 Å². The number of para-hydroxylation sites is 1. The molecule has 5 heteroatoms. The Morgan fingerprint density at radius 2 is 1.74 bits per heavy atom. The molecule has 0 saturated heterocycles. The van der Waals surface area contributed by atoms with Crippen molar-refractivity contribution in [3.8, 4) is 5.75 Å². The average molecular weight is 310 g/mol. The first-order chi connectivity index (χ1) is 11.1. The summed E-state index contributed by atoms with van der Waals surface area (Å²) in [6.07, 6.45) is -0.100. The Balaban J connectivity index is 2.05. The molecule has 0 saturated carbocycles. The van der Waals surface area contributed by atoms with Crippen LogP contribution in [0.5, 0.6) is 5.75 Å². The molecule has 0 amide bonds. The average Bonchev–Trinajstić information content (AvgIpc) is 2.54. The maximum atomic E-state index is 14.2. The molecule has 0 N–H and O–H groups in total. The summed E-state index contributed by atoms with van der Waals surface area (Å²) in [5, 5.41) is 0.525. The number of halogens is 1. The molecule has 1 aliphatic rings. The molecule has 0 unspecified atom stereocenters. The topological polar surface area (TPSA) is 56.5 Å². The fourth-order valence-corrected chi connectivity index (χ4v) is 2.99. The van der Waals surface area contributed by atoms with E-state index < -0.39 is 23.3 Å². The molecule has 2 heterocycles. The molecular weight excluding hydrogens is 299 g/mol. The third-order valence-corrected chi connectivity index (χ3v) is 4.01. The van der Waals surface area contributed by atoms with Crippen LogP contribution in [-0.4, -0.2) is 5.97 Å².